The molecule has 1 amide bonds. The van der Waals surface area contributed by atoms with Crippen LogP contribution in [-0.2, 0) is 4.79 Å². The molecule has 0 aliphatic heterocycles. The van der Waals surface area contributed by atoms with Crippen LogP contribution in [0.25, 0.3) is 0 Å². The summed E-state index contributed by atoms with van der Waals surface area (Å²) in [5, 5.41) is 0. The van der Waals surface area contributed by atoms with Crippen molar-refractivity contribution in [2.75, 3.05) is 26.1 Å². The zero-order valence-electron chi connectivity index (χ0n) is 10.3. The van der Waals surface area contributed by atoms with Crippen molar-refractivity contribution in [3.8, 4) is 5.75 Å². The van der Waals surface area contributed by atoms with E-state index >= 15 is 0 Å². The molecule has 1 aromatic carbocycles. The van der Waals surface area contributed by atoms with E-state index in [1.165, 1.54) is 0 Å². The molecule has 0 aliphatic rings. The summed E-state index contributed by atoms with van der Waals surface area (Å²) in [6.07, 6.45) is 0.376. The SMILES string of the molecule is Cc1cccc(OCCC(=O)N(C)CCCl)c1. The number of benzene rings is 1. The van der Waals surface area contributed by atoms with Crippen molar-refractivity contribution in [3.63, 3.8) is 0 Å². The second kappa shape index (κ2) is 7.17. The summed E-state index contributed by atoms with van der Waals surface area (Å²) < 4.78 is 5.51. The number of ether oxygens (including phenoxy) is 1. The van der Waals surface area contributed by atoms with Crippen LogP contribution in [-0.4, -0.2) is 36.9 Å². The number of nitrogens with zero attached hydrogens (tertiary/aromatic N) is 1. The number of amides is 1. The van der Waals surface area contributed by atoms with Crippen LogP contribution in [0.4, 0.5) is 0 Å². The number of carbonyl (C=O) groups is 1. The van der Waals surface area contributed by atoms with Crippen LogP contribution in [0, 0.1) is 6.92 Å². The van der Waals surface area contributed by atoms with Gasteiger partial charge in [0.25, 0.3) is 0 Å². The van der Waals surface area contributed by atoms with Crippen molar-refractivity contribution in [1.29, 1.82) is 0 Å². The van der Waals surface area contributed by atoms with Crippen LogP contribution < -0.4 is 4.74 Å². The van der Waals surface area contributed by atoms with Gasteiger partial charge in [-0.1, -0.05) is 12.1 Å². The third-order valence-corrected chi connectivity index (χ3v) is 2.59. The average Bonchev–Trinajstić information content (AvgIpc) is 2.29. The molecular formula is C13H18ClNO2. The highest BCUT2D eigenvalue weighted by molar-refractivity contribution is 6.18. The van der Waals surface area contributed by atoms with Crippen LogP contribution in [0.2, 0.25) is 0 Å². The van der Waals surface area contributed by atoms with Gasteiger partial charge in [-0.25, -0.2) is 0 Å². The van der Waals surface area contributed by atoms with Crippen LogP contribution in [0.5, 0.6) is 5.75 Å². The Morgan fingerprint density at radius 2 is 2.24 bits per heavy atom. The maximum Gasteiger partial charge on any atom is 0.225 e. The lowest BCUT2D eigenvalue weighted by Gasteiger charge is -2.15. The molecule has 0 aromatic heterocycles. The van der Waals surface area contributed by atoms with Gasteiger partial charge in [-0.05, 0) is 24.6 Å². The Labute approximate surface area is 107 Å². The monoisotopic (exact) mass is 255 g/mol. The Hall–Kier alpha value is -1.22. The summed E-state index contributed by atoms with van der Waals surface area (Å²) >= 11 is 5.56. The van der Waals surface area contributed by atoms with Crippen LogP contribution in [0.3, 0.4) is 0 Å². The Kier molecular flexibility index (Phi) is 5.84. The number of aryl methyl sites for hydroxylation is 1. The summed E-state index contributed by atoms with van der Waals surface area (Å²) in [5.74, 6) is 1.32. The van der Waals surface area contributed by atoms with E-state index in [1.54, 1.807) is 11.9 Å². The predicted molar refractivity (Wildman–Crippen MR) is 69.6 cm³/mol. The number of halogens is 1. The average molecular weight is 256 g/mol. The first-order chi connectivity index (χ1) is 8.13. The van der Waals surface area contributed by atoms with Gasteiger partial charge < -0.3 is 9.64 Å². The van der Waals surface area contributed by atoms with Crippen LogP contribution in [0.15, 0.2) is 24.3 Å². The topological polar surface area (TPSA) is 29.5 Å². The Balaban J connectivity index is 2.30. The lowest BCUT2D eigenvalue weighted by molar-refractivity contribution is -0.130. The fourth-order valence-electron chi connectivity index (χ4n) is 1.40. The molecule has 0 aliphatic carbocycles. The van der Waals surface area contributed by atoms with E-state index in [4.69, 9.17) is 16.3 Å². The molecule has 0 bridgehead atoms. The fourth-order valence-corrected chi connectivity index (χ4v) is 1.66. The van der Waals surface area contributed by atoms with Crippen LogP contribution in [0.1, 0.15) is 12.0 Å². The summed E-state index contributed by atoms with van der Waals surface area (Å²) in [7, 11) is 1.75. The second-order valence-corrected chi connectivity index (χ2v) is 4.30. The van der Waals surface area contributed by atoms with E-state index in [0.29, 0.717) is 25.5 Å². The third-order valence-electron chi connectivity index (χ3n) is 2.42. The van der Waals surface area contributed by atoms with E-state index < -0.39 is 0 Å². The molecule has 0 atom stereocenters. The minimum Gasteiger partial charge on any atom is -0.493 e. The maximum atomic E-state index is 11.6. The molecule has 0 radical (unpaired) electrons. The van der Waals surface area contributed by atoms with Crippen molar-refractivity contribution >= 4 is 17.5 Å². The van der Waals surface area contributed by atoms with Crippen LogP contribution >= 0.6 is 11.6 Å². The largest absolute Gasteiger partial charge is 0.493 e. The predicted octanol–water partition coefficient (Wildman–Crippen LogP) is 2.46. The maximum absolute atomic E-state index is 11.6. The molecule has 0 N–H and O–H groups in total. The van der Waals surface area contributed by atoms with Gasteiger partial charge in [0.2, 0.25) is 5.91 Å². The Bertz CT molecular complexity index is 368. The number of rotatable bonds is 6. The highest BCUT2D eigenvalue weighted by atomic mass is 35.5. The zero-order chi connectivity index (χ0) is 12.7. The van der Waals surface area contributed by atoms with Crippen molar-refractivity contribution in [2.45, 2.75) is 13.3 Å². The van der Waals surface area contributed by atoms with Gasteiger partial charge in [-0.3, -0.25) is 4.79 Å². The van der Waals surface area contributed by atoms with E-state index in [-0.39, 0.29) is 5.91 Å². The number of hydrogen-bond donors (Lipinski definition) is 0. The van der Waals surface area contributed by atoms with Crippen molar-refractivity contribution in [2.24, 2.45) is 0 Å². The number of carbonyl (C=O) groups excluding carboxylic acids is 1. The molecule has 4 heteroatoms. The Morgan fingerprint density at radius 1 is 1.47 bits per heavy atom. The molecule has 17 heavy (non-hydrogen) atoms. The summed E-state index contributed by atoms with van der Waals surface area (Å²) in [6.45, 7) is 2.98. The van der Waals surface area contributed by atoms with Crippen molar-refractivity contribution in [3.05, 3.63) is 29.8 Å². The van der Waals surface area contributed by atoms with E-state index in [0.717, 1.165) is 11.3 Å². The fraction of sp³-hybridized carbons (Fsp3) is 0.462. The molecule has 1 aromatic rings. The van der Waals surface area contributed by atoms with Crippen molar-refractivity contribution in [1.82, 2.24) is 4.90 Å². The summed E-state index contributed by atoms with van der Waals surface area (Å²) in [4.78, 5) is 13.2. The van der Waals surface area contributed by atoms with Gasteiger partial charge in [-0.15, -0.1) is 11.6 Å². The van der Waals surface area contributed by atoms with Crippen molar-refractivity contribution < 1.29 is 9.53 Å². The molecule has 0 fully saturated rings. The molecule has 0 saturated heterocycles. The lowest BCUT2D eigenvalue weighted by Crippen LogP contribution is -2.29. The molecular weight excluding hydrogens is 238 g/mol. The molecule has 94 valence electrons. The molecule has 0 unspecified atom stereocenters. The standard InChI is InChI=1S/C13H18ClNO2/c1-11-4-3-5-12(10-11)17-9-6-13(16)15(2)8-7-14/h3-5,10H,6-9H2,1-2H3. The minimum absolute atomic E-state index is 0.0540. The molecule has 1 rings (SSSR count). The quantitative estimate of drug-likeness (QED) is 0.731. The van der Waals surface area contributed by atoms with Gasteiger partial charge in [0.15, 0.2) is 0 Å². The van der Waals surface area contributed by atoms with E-state index in [2.05, 4.69) is 0 Å². The lowest BCUT2D eigenvalue weighted by atomic mass is 10.2. The van der Waals surface area contributed by atoms with Gasteiger partial charge in [-0.2, -0.15) is 0 Å². The minimum atomic E-state index is 0.0540. The number of alkyl halides is 1. The normalized spacial score (nSPS) is 10.1. The zero-order valence-corrected chi connectivity index (χ0v) is 11.0. The smallest absolute Gasteiger partial charge is 0.225 e. The molecule has 3 nitrogen and oxygen atoms in total. The summed E-state index contributed by atoms with van der Waals surface area (Å²) in [6, 6.07) is 7.78. The highest BCUT2D eigenvalue weighted by Crippen LogP contribution is 2.12. The number of hydrogen-bond acceptors (Lipinski definition) is 2. The second-order valence-electron chi connectivity index (χ2n) is 3.92. The molecule has 0 heterocycles. The van der Waals surface area contributed by atoms with Gasteiger partial charge in [0.1, 0.15) is 5.75 Å². The van der Waals surface area contributed by atoms with E-state index in [1.807, 2.05) is 31.2 Å². The summed E-state index contributed by atoms with van der Waals surface area (Å²) in [5.41, 5.74) is 1.15. The van der Waals surface area contributed by atoms with Gasteiger partial charge in [0.05, 0.1) is 13.0 Å². The van der Waals surface area contributed by atoms with Gasteiger partial charge in [0, 0.05) is 19.5 Å². The van der Waals surface area contributed by atoms with E-state index in [9.17, 15) is 4.79 Å². The first-order valence-corrected chi connectivity index (χ1v) is 6.16. The highest BCUT2D eigenvalue weighted by Gasteiger charge is 2.07. The molecule has 0 saturated carbocycles. The Morgan fingerprint density at radius 3 is 2.88 bits per heavy atom. The first-order valence-electron chi connectivity index (χ1n) is 5.63. The molecule has 0 spiro atoms. The van der Waals surface area contributed by atoms with Gasteiger partial charge >= 0.3 is 0 Å². The first kappa shape index (κ1) is 13.8. The third kappa shape index (κ3) is 5.09.